The van der Waals surface area contributed by atoms with Gasteiger partial charge in [-0.05, 0) is 37.6 Å². The van der Waals surface area contributed by atoms with Gasteiger partial charge in [-0.3, -0.25) is 14.1 Å². The van der Waals surface area contributed by atoms with E-state index >= 15 is 0 Å². The average Bonchev–Trinajstić information content (AvgIpc) is 2.88. The molecule has 0 spiro atoms. The highest BCUT2D eigenvalue weighted by molar-refractivity contribution is 7.92. The molecule has 1 atom stereocenters. The summed E-state index contributed by atoms with van der Waals surface area (Å²) in [6.45, 7) is 4.12. The van der Waals surface area contributed by atoms with Crippen molar-refractivity contribution in [1.82, 2.24) is 9.55 Å². The molecular weight excluding hydrogens is 318 g/mol. The number of ether oxygens (including phenoxy) is 1. The largest absolute Gasteiger partial charge is 0.490 e. The Morgan fingerprint density at radius 1 is 1.43 bits per heavy atom. The molecule has 1 aliphatic heterocycles. The van der Waals surface area contributed by atoms with Crippen LogP contribution in [0.1, 0.15) is 19.4 Å². The van der Waals surface area contributed by atoms with Gasteiger partial charge in [-0.15, -0.1) is 0 Å². The highest BCUT2D eigenvalue weighted by Crippen LogP contribution is 2.31. The maximum atomic E-state index is 12.5. The molecule has 8 heteroatoms. The van der Waals surface area contributed by atoms with Gasteiger partial charge in [0, 0.05) is 13.0 Å². The van der Waals surface area contributed by atoms with Crippen molar-refractivity contribution in [2.75, 3.05) is 4.72 Å². The van der Waals surface area contributed by atoms with E-state index in [1.807, 2.05) is 6.92 Å². The molecule has 1 N–H and O–H groups in total. The second-order valence-electron chi connectivity index (χ2n) is 5.41. The average molecular weight is 335 g/mol. The topological polar surface area (TPSA) is 90.3 Å². The number of anilines is 1. The molecule has 3 rings (SSSR count). The van der Waals surface area contributed by atoms with Crippen molar-refractivity contribution < 1.29 is 13.2 Å². The highest BCUT2D eigenvalue weighted by Gasteiger charge is 2.23. The first kappa shape index (κ1) is 15.5. The highest BCUT2D eigenvalue weighted by atomic mass is 32.2. The molecule has 0 amide bonds. The number of nitrogens with zero attached hydrogens (tertiary/aromatic N) is 2. The Kier molecular flexibility index (Phi) is 3.85. The zero-order chi connectivity index (χ0) is 16.6. The smallest absolute Gasteiger partial charge is 0.277 e. The second kappa shape index (κ2) is 5.69. The Morgan fingerprint density at radius 3 is 2.96 bits per heavy atom. The van der Waals surface area contributed by atoms with Crippen LogP contribution in [0.15, 0.2) is 40.4 Å². The minimum Gasteiger partial charge on any atom is -0.490 e. The van der Waals surface area contributed by atoms with Crippen molar-refractivity contribution in [3.63, 3.8) is 0 Å². The van der Waals surface area contributed by atoms with Gasteiger partial charge in [-0.25, -0.2) is 13.4 Å². The van der Waals surface area contributed by atoms with Crippen LogP contribution in [0.4, 0.5) is 5.69 Å². The molecule has 0 saturated heterocycles. The van der Waals surface area contributed by atoms with E-state index in [0.717, 1.165) is 5.56 Å². The van der Waals surface area contributed by atoms with Gasteiger partial charge in [-0.2, -0.15) is 0 Å². The van der Waals surface area contributed by atoms with Crippen LogP contribution < -0.4 is 15.0 Å². The Labute approximate surface area is 134 Å². The number of hydrogen-bond acceptors (Lipinski definition) is 5. The van der Waals surface area contributed by atoms with Gasteiger partial charge >= 0.3 is 0 Å². The van der Waals surface area contributed by atoms with E-state index in [0.29, 0.717) is 18.7 Å². The van der Waals surface area contributed by atoms with Gasteiger partial charge in [0.2, 0.25) is 0 Å². The Morgan fingerprint density at radius 2 is 2.22 bits per heavy atom. The Bertz CT molecular complexity index is 905. The number of aryl methyl sites for hydroxylation is 1. The third-order valence-electron chi connectivity index (χ3n) is 3.66. The molecule has 0 saturated carbocycles. The maximum absolute atomic E-state index is 12.5. The van der Waals surface area contributed by atoms with Crippen LogP contribution in [-0.2, 0) is 23.0 Å². The summed E-state index contributed by atoms with van der Waals surface area (Å²) in [6, 6.07) is 4.69. The van der Waals surface area contributed by atoms with Gasteiger partial charge in [-0.1, -0.05) is 0 Å². The van der Waals surface area contributed by atoms with Crippen molar-refractivity contribution in [2.45, 2.75) is 37.8 Å². The van der Waals surface area contributed by atoms with Crippen molar-refractivity contribution in [3.05, 3.63) is 46.6 Å². The van der Waals surface area contributed by atoms with E-state index in [-0.39, 0.29) is 16.7 Å². The molecular formula is C15H17N3O4S. The number of nitrogens with one attached hydrogen (secondary N) is 1. The summed E-state index contributed by atoms with van der Waals surface area (Å²) >= 11 is 0. The summed E-state index contributed by atoms with van der Waals surface area (Å²) in [7, 11) is -3.86. The molecule has 23 heavy (non-hydrogen) atoms. The Hall–Kier alpha value is -2.35. The third kappa shape index (κ3) is 2.94. The molecule has 7 nitrogen and oxygen atoms in total. The Balaban J connectivity index is 1.94. The third-order valence-corrected chi connectivity index (χ3v) is 5.03. The monoisotopic (exact) mass is 335 g/mol. The van der Waals surface area contributed by atoms with Crippen LogP contribution in [0.25, 0.3) is 0 Å². The quantitative estimate of drug-likeness (QED) is 0.912. The lowest BCUT2D eigenvalue weighted by Crippen LogP contribution is -2.25. The predicted octanol–water partition coefficient (Wildman–Crippen LogP) is 1.39. The lowest BCUT2D eigenvalue weighted by Gasteiger charge is -2.09. The van der Waals surface area contributed by atoms with Crippen LogP contribution in [0, 0.1) is 0 Å². The zero-order valence-electron chi connectivity index (χ0n) is 12.8. The minimum atomic E-state index is -3.86. The number of fused-ring (bicyclic) bond motifs is 1. The summed E-state index contributed by atoms with van der Waals surface area (Å²) in [5.74, 6) is 0.700. The molecule has 2 heterocycles. The van der Waals surface area contributed by atoms with Gasteiger partial charge in [0.25, 0.3) is 15.6 Å². The molecule has 0 bridgehead atoms. The summed E-state index contributed by atoms with van der Waals surface area (Å²) in [5.41, 5.74) is 0.348. The fourth-order valence-electron chi connectivity index (χ4n) is 2.52. The molecule has 1 aromatic heterocycles. The molecule has 0 fully saturated rings. The van der Waals surface area contributed by atoms with Crippen LogP contribution in [-0.4, -0.2) is 24.1 Å². The van der Waals surface area contributed by atoms with Crippen molar-refractivity contribution in [2.24, 2.45) is 0 Å². The summed E-state index contributed by atoms with van der Waals surface area (Å²) < 4.78 is 34.2. The van der Waals surface area contributed by atoms with Gasteiger partial charge in [0.05, 0.1) is 17.4 Å². The zero-order valence-corrected chi connectivity index (χ0v) is 13.6. The molecule has 0 aliphatic carbocycles. The van der Waals surface area contributed by atoms with Gasteiger partial charge in [0.1, 0.15) is 17.5 Å². The number of hydrogen-bond donors (Lipinski definition) is 1. The molecule has 0 radical (unpaired) electrons. The van der Waals surface area contributed by atoms with E-state index < -0.39 is 15.6 Å². The van der Waals surface area contributed by atoms with E-state index in [2.05, 4.69) is 9.71 Å². The normalized spacial score (nSPS) is 16.7. The van der Waals surface area contributed by atoms with Crippen molar-refractivity contribution >= 4 is 15.7 Å². The van der Waals surface area contributed by atoms with E-state index in [9.17, 15) is 13.2 Å². The first-order valence-electron chi connectivity index (χ1n) is 7.27. The van der Waals surface area contributed by atoms with E-state index in [4.69, 9.17) is 4.74 Å². The van der Waals surface area contributed by atoms with Crippen LogP contribution in [0.5, 0.6) is 5.75 Å². The van der Waals surface area contributed by atoms with Crippen LogP contribution in [0.2, 0.25) is 0 Å². The second-order valence-corrected chi connectivity index (χ2v) is 7.09. The molecule has 2 aromatic rings. The van der Waals surface area contributed by atoms with E-state index in [1.165, 1.54) is 23.2 Å². The molecule has 1 unspecified atom stereocenters. The predicted molar refractivity (Wildman–Crippen MR) is 85.2 cm³/mol. The lowest BCUT2D eigenvalue weighted by molar-refractivity contribution is 0.254. The molecule has 122 valence electrons. The summed E-state index contributed by atoms with van der Waals surface area (Å²) in [5, 5.41) is 0. The van der Waals surface area contributed by atoms with Crippen LogP contribution in [0.3, 0.4) is 0 Å². The fraction of sp³-hybridized carbons (Fsp3) is 0.333. The number of rotatable bonds is 4. The number of aromatic nitrogens is 2. The first-order chi connectivity index (χ1) is 10.9. The standard InChI is InChI=1S/C15H17N3O4S/c1-3-18-9-16-8-13(15(18)19)17-23(20,21)12-4-5-14-11(7-12)6-10(2)22-14/h4-5,7-10,17H,3,6H2,1-2H3. The summed E-state index contributed by atoms with van der Waals surface area (Å²) in [4.78, 5) is 16.1. The van der Waals surface area contributed by atoms with Gasteiger partial charge in [0.15, 0.2) is 0 Å². The lowest BCUT2D eigenvalue weighted by atomic mass is 10.1. The summed E-state index contributed by atoms with van der Waals surface area (Å²) in [6.07, 6.45) is 3.28. The fourth-order valence-corrected chi connectivity index (χ4v) is 3.61. The van der Waals surface area contributed by atoms with Gasteiger partial charge < -0.3 is 4.74 Å². The molecule has 1 aliphatic rings. The van der Waals surface area contributed by atoms with Crippen molar-refractivity contribution in [1.29, 1.82) is 0 Å². The van der Waals surface area contributed by atoms with E-state index in [1.54, 1.807) is 19.1 Å². The first-order valence-corrected chi connectivity index (χ1v) is 8.76. The van der Waals surface area contributed by atoms with Crippen molar-refractivity contribution in [3.8, 4) is 5.75 Å². The molecule has 1 aromatic carbocycles. The maximum Gasteiger partial charge on any atom is 0.277 e. The number of sulfonamides is 1. The SMILES string of the molecule is CCn1cncc(NS(=O)(=O)c2ccc3c(c2)CC(C)O3)c1=O. The number of benzene rings is 1. The van der Waals surface area contributed by atoms with Crippen LogP contribution >= 0.6 is 0 Å². The minimum absolute atomic E-state index is 0.0333.